The largest absolute Gasteiger partial charge is 0.508 e. The summed E-state index contributed by atoms with van der Waals surface area (Å²) < 4.78 is 11.5. The zero-order chi connectivity index (χ0) is 23.8. The highest BCUT2D eigenvalue weighted by Crippen LogP contribution is 2.42. The molecule has 2 aromatic carbocycles. The van der Waals surface area contributed by atoms with E-state index in [1.807, 2.05) is 19.1 Å². The number of aromatic hydroxyl groups is 3. The van der Waals surface area contributed by atoms with E-state index in [1.165, 1.54) is 11.6 Å². The molecule has 0 aliphatic carbocycles. The van der Waals surface area contributed by atoms with Crippen LogP contribution in [-0.2, 0) is 0 Å². The van der Waals surface area contributed by atoms with Crippen LogP contribution in [0, 0.1) is 0 Å². The molecule has 6 heteroatoms. The molecule has 0 fully saturated rings. The van der Waals surface area contributed by atoms with Crippen LogP contribution in [0.25, 0.3) is 29.0 Å². The molecule has 0 bridgehead atoms. The topological polar surface area (TPSA) is 100 Å². The third kappa shape index (κ3) is 4.65. The van der Waals surface area contributed by atoms with Crippen molar-refractivity contribution in [3.8, 4) is 23.0 Å². The van der Waals surface area contributed by atoms with Gasteiger partial charge in [-0.15, -0.1) is 0 Å². The molecule has 2 heterocycles. The average molecular weight is 446 g/mol. The number of rotatable bonds is 5. The van der Waals surface area contributed by atoms with E-state index < -0.39 is 11.2 Å². The normalized spacial score (nSPS) is 17.2. The molecule has 4 rings (SSSR count). The molecule has 33 heavy (non-hydrogen) atoms. The Morgan fingerprint density at radius 1 is 1.06 bits per heavy atom. The molecule has 3 N–H and O–H groups in total. The smallest absolute Gasteiger partial charge is 0.347 e. The van der Waals surface area contributed by atoms with Crippen molar-refractivity contribution in [1.29, 1.82) is 0 Å². The van der Waals surface area contributed by atoms with Gasteiger partial charge in [0.05, 0.1) is 0 Å². The third-order valence-corrected chi connectivity index (χ3v) is 5.61. The van der Waals surface area contributed by atoms with E-state index in [4.69, 9.17) is 9.15 Å². The van der Waals surface area contributed by atoms with Crippen LogP contribution in [0.15, 0.2) is 57.3 Å². The van der Waals surface area contributed by atoms with Gasteiger partial charge in [-0.2, -0.15) is 0 Å². The molecular weight excluding hydrogens is 420 g/mol. The Morgan fingerprint density at radius 3 is 2.61 bits per heavy atom. The lowest BCUT2D eigenvalue weighted by Gasteiger charge is -2.32. The van der Waals surface area contributed by atoms with Crippen molar-refractivity contribution in [2.45, 2.75) is 39.2 Å². The fraction of sp³-hybridized carbons (Fsp3) is 0.222. The van der Waals surface area contributed by atoms with Crippen LogP contribution in [0.4, 0.5) is 0 Å². The van der Waals surface area contributed by atoms with Gasteiger partial charge in [-0.25, -0.2) is 4.79 Å². The second-order valence-corrected chi connectivity index (χ2v) is 8.68. The Morgan fingerprint density at radius 2 is 1.85 bits per heavy atom. The van der Waals surface area contributed by atoms with Crippen molar-refractivity contribution in [1.82, 2.24) is 0 Å². The van der Waals surface area contributed by atoms with E-state index in [0.717, 1.165) is 30.0 Å². The molecular formula is C27H26O6. The van der Waals surface area contributed by atoms with Gasteiger partial charge < -0.3 is 24.5 Å². The molecule has 0 radical (unpaired) electrons. The van der Waals surface area contributed by atoms with Gasteiger partial charge in [0, 0.05) is 17.0 Å². The minimum absolute atomic E-state index is 0.00990. The fourth-order valence-electron chi connectivity index (χ4n) is 3.90. The molecule has 1 aliphatic rings. The summed E-state index contributed by atoms with van der Waals surface area (Å²) >= 11 is 0. The molecule has 0 spiro atoms. The quantitative estimate of drug-likeness (QED) is 0.416. The van der Waals surface area contributed by atoms with Gasteiger partial charge in [0.25, 0.3) is 0 Å². The lowest BCUT2D eigenvalue weighted by molar-refractivity contribution is 0.124. The monoisotopic (exact) mass is 446 g/mol. The van der Waals surface area contributed by atoms with Gasteiger partial charge >= 0.3 is 5.63 Å². The highest BCUT2D eigenvalue weighted by atomic mass is 16.5. The molecule has 6 nitrogen and oxygen atoms in total. The number of benzene rings is 2. The second-order valence-electron chi connectivity index (χ2n) is 8.68. The van der Waals surface area contributed by atoms with Crippen LogP contribution >= 0.6 is 0 Å². The summed E-state index contributed by atoms with van der Waals surface area (Å²) in [5, 5.41) is 30.4. The first-order valence-corrected chi connectivity index (χ1v) is 10.7. The molecule has 3 aromatic rings. The van der Waals surface area contributed by atoms with Gasteiger partial charge in [-0.05, 0) is 69.5 Å². The van der Waals surface area contributed by atoms with E-state index >= 15 is 0 Å². The summed E-state index contributed by atoms with van der Waals surface area (Å²) in [6.07, 6.45) is 11.1. The number of phenolic OH excluding ortho intramolecular Hbond substituents is 3. The van der Waals surface area contributed by atoms with Gasteiger partial charge in [-0.3, -0.25) is 0 Å². The van der Waals surface area contributed by atoms with E-state index in [1.54, 1.807) is 30.4 Å². The number of ether oxygens (including phenoxy) is 1. The summed E-state index contributed by atoms with van der Waals surface area (Å²) in [7, 11) is 0. The number of hydrogen-bond acceptors (Lipinski definition) is 6. The Bertz CT molecular complexity index is 1370. The van der Waals surface area contributed by atoms with Crippen molar-refractivity contribution < 1.29 is 24.5 Å². The minimum atomic E-state index is -0.701. The minimum Gasteiger partial charge on any atom is -0.508 e. The molecule has 1 aromatic heterocycles. The number of hydrogen-bond donors (Lipinski definition) is 3. The van der Waals surface area contributed by atoms with Crippen LogP contribution in [0.2, 0.25) is 0 Å². The zero-order valence-corrected chi connectivity index (χ0v) is 18.8. The number of phenols is 3. The molecule has 1 aliphatic heterocycles. The van der Waals surface area contributed by atoms with E-state index in [-0.39, 0.29) is 28.4 Å². The van der Waals surface area contributed by atoms with Crippen molar-refractivity contribution >= 4 is 29.0 Å². The van der Waals surface area contributed by atoms with Gasteiger partial charge in [0.2, 0.25) is 0 Å². The summed E-state index contributed by atoms with van der Waals surface area (Å²) in [5.41, 5.74) is 1.51. The van der Waals surface area contributed by atoms with Gasteiger partial charge in [0.1, 0.15) is 28.2 Å². The lowest BCUT2D eigenvalue weighted by atomic mass is 9.92. The van der Waals surface area contributed by atoms with Crippen LogP contribution in [0.5, 0.6) is 23.0 Å². The van der Waals surface area contributed by atoms with Gasteiger partial charge in [-0.1, -0.05) is 29.9 Å². The molecule has 1 unspecified atom stereocenters. The predicted octanol–water partition coefficient (Wildman–Crippen LogP) is 5.99. The first-order chi connectivity index (χ1) is 15.6. The Labute approximate surface area is 191 Å². The standard InChI is InChI=1S/C27H26O6/c1-16(2)5-4-11-27(3)12-10-21-17(7-9-22(29)25(21)33-27)6-8-20-14-18-13-19(28)15-23(30)24(18)26(31)32-20/h5-10,12-15,28-30H,4,11H2,1-3H3. The van der Waals surface area contributed by atoms with Crippen LogP contribution in [0.1, 0.15) is 50.5 Å². The summed E-state index contributed by atoms with van der Waals surface area (Å²) in [6.45, 7) is 6.10. The molecule has 1 atom stereocenters. The number of allylic oxidation sites excluding steroid dienone is 2. The maximum Gasteiger partial charge on any atom is 0.347 e. The first kappa shape index (κ1) is 22.3. The molecule has 0 saturated heterocycles. The lowest BCUT2D eigenvalue weighted by Crippen LogP contribution is -2.31. The summed E-state index contributed by atoms with van der Waals surface area (Å²) in [6, 6.07) is 7.36. The van der Waals surface area contributed by atoms with Crippen molar-refractivity contribution in [2.24, 2.45) is 0 Å². The second kappa shape index (κ2) is 8.54. The highest BCUT2D eigenvalue weighted by molar-refractivity contribution is 5.90. The Hall–Kier alpha value is -3.93. The average Bonchev–Trinajstić information content (AvgIpc) is 2.72. The Balaban J connectivity index is 1.66. The SMILES string of the molecule is CC(C)=CCCC1(C)C=Cc2c(C=Cc3cc4cc(O)cc(O)c4c(=O)o3)ccc(O)c2O1. The summed E-state index contributed by atoms with van der Waals surface area (Å²) in [4.78, 5) is 12.3. The third-order valence-electron chi connectivity index (χ3n) is 5.61. The van der Waals surface area contributed by atoms with E-state index in [2.05, 4.69) is 19.9 Å². The van der Waals surface area contributed by atoms with Crippen LogP contribution in [-0.4, -0.2) is 20.9 Å². The first-order valence-electron chi connectivity index (χ1n) is 10.7. The van der Waals surface area contributed by atoms with Gasteiger partial charge in [0.15, 0.2) is 11.5 Å². The van der Waals surface area contributed by atoms with E-state index in [9.17, 15) is 20.1 Å². The fourth-order valence-corrected chi connectivity index (χ4v) is 3.90. The molecule has 170 valence electrons. The molecule has 0 amide bonds. The van der Waals surface area contributed by atoms with Crippen molar-refractivity contribution in [2.75, 3.05) is 0 Å². The van der Waals surface area contributed by atoms with Crippen LogP contribution in [0.3, 0.4) is 0 Å². The highest BCUT2D eigenvalue weighted by Gasteiger charge is 2.29. The van der Waals surface area contributed by atoms with E-state index in [0.29, 0.717) is 11.1 Å². The van der Waals surface area contributed by atoms with Crippen molar-refractivity contribution in [3.05, 3.63) is 75.4 Å². The predicted molar refractivity (Wildman–Crippen MR) is 130 cm³/mol. The maximum atomic E-state index is 12.3. The zero-order valence-electron chi connectivity index (χ0n) is 18.8. The molecule has 0 saturated carbocycles. The number of fused-ring (bicyclic) bond motifs is 2. The van der Waals surface area contributed by atoms with Crippen LogP contribution < -0.4 is 10.4 Å². The Kier molecular flexibility index (Phi) is 5.77. The maximum absolute atomic E-state index is 12.3. The van der Waals surface area contributed by atoms with Crippen molar-refractivity contribution in [3.63, 3.8) is 0 Å². The summed E-state index contributed by atoms with van der Waals surface area (Å²) in [5.74, 6) is 0.240.